The van der Waals surface area contributed by atoms with E-state index in [1.807, 2.05) is 0 Å². The van der Waals surface area contributed by atoms with Crippen LogP contribution in [0.15, 0.2) is 24.3 Å². The van der Waals surface area contributed by atoms with E-state index in [-0.39, 0.29) is 24.3 Å². The maximum absolute atomic E-state index is 14.1. The summed E-state index contributed by atoms with van der Waals surface area (Å²) in [6.45, 7) is 0.901. The molecule has 1 aromatic rings. The van der Waals surface area contributed by atoms with Gasteiger partial charge in [0.25, 0.3) is 0 Å². The second-order valence-corrected chi connectivity index (χ2v) is 7.20. The van der Waals surface area contributed by atoms with Crippen molar-refractivity contribution < 1.29 is 84.5 Å². The molecule has 0 aromatic heterocycles. The standard InChI is InChI=1S/C17H9F17O2/c1-6(9(35)36)7-2-4-8(5-3-7)10(18,19)11(20,21)12(22,23)13(24,25)14(26,27)15(28,29)16(30,31)17(32,33)34/h2-6H,1H3,(H,35,36). The van der Waals surface area contributed by atoms with E-state index < -0.39 is 70.6 Å². The van der Waals surface area contributed by atoms with Gasteiger partial charge >= 0.3 is 53.6 Å². The Kier molecular flexibility index (Phi) is 7.47. The highest BCUT2D eigenvalue weighted by atomic mass is 19.4. The number of halogens is 17. The van der Waals surface area contributed by atoms with E-state index in [0.29, 0.717) is 0 Å². The van der Waals surface area contributed by atoms with Gasteiger partial charge in [-0.2, -0.15) is 74.6 Å². The van der Waals surface area contributed by atoms with Crippen molar-refractivity contribution in [2.75, 3.05) is 0 Å². The molecule has 0 bridgehead atoms. The van der Waals surface area contributed by atoms with Crippen LogP contribution in [0.5, 0.6) is 0 Å². The highest BCUT2D eigenvalue weighted by Gasteiger charge is 2.95. The van der Waals surface area contributed by atoms with Gasteiger partial charge in [0.1, 0.15) is 0 Å². The molecule has 0 aliphatic heterocycles. The lowest BCUT2D eigenvalue weighted by atomic mass is 9.87. The molecule has 0 spiro atoms. The molecular formula is C17H9F17O2. The van der Waals surface area contributed by atoms with E-state index in [9.17, 15) is 79.4 Å². The van der Waals surface area contributed by atoms with E-state index in [0.717, 1.165) is 6.92 Å². The van der Waals surface area contributed by atoms with Gasteiger partial charge in [0.15, 0.2) is 0 Å². The molecule has 0 fully saturated rings. The van der Waals surface area contributed by atoms with E-state index in [1.54, 1.807) is 0 Å². The molecule has 1 aromatic carbocycles. The van der Waals surface area contributed by atoms with Crippen LogP contribution >= 0.6 is 0 Å². The van der Waals surface area contributed by atoms with Crippen LogP contribution in [0.4, 0.5) is 74.6 Å². The maximum Gasteiger partial charge on any atom is 0.460 e. The van der Waals surface area contributed by atoms with Crippen molar-refractivity contribution in [3.63, 3.8) is 0 Å². The number of carboxylic acids is 1. The van der Waals surface area contributed by atoms with Crippen molar-refractivity contribution in [2.24, 2.45) is 0 Å². The fourth-order valence-electron chi connectivity index (χ4n) is 2.47. The van der Waals surface area contributed by atoms with Gasteiger partial charge in [0, 0.05) is 5.56 Å². The molecule has 0 saturated carbocycles. The monoisotopic (exact) mass is 568 g/mol. The summed E-state index contributed by atoms with van der Waals surface area (Å²) >= 11 is 0. The van der Waals surface area contributed by atoms with Crippen molar-refractivity contribution in [3.8, 4) is 0 Å². The van der Waals surface area contributed by atoms with Crippen molar-refractivity contribution in [3.05, 3.63) is 35.4 Å². The second-order valence-electron chi connectivity index (χ2n) is 7.20. The Bertz CT molecular complexity index is 962. The Morgan fingerprint density at radius 3 is 1.19 bits per heavy atom. The number of hydrogen-bond acceptors (Lipinski definition) is 1. The summed E-state index contributed by atoms with van der Waals surface area (Å²) < 4.78 is 226. The van der Waals surface area contributed by atoms with Gasteiger partial charge in [0.2, 0.25) is 0 Å². The summed E-state index contributed by atoms with van der Waals surface area (Å²) in [5.41, 5.74) is -2.87. The molecule has 2 nitrogen and oxygen atoms in total. The summed E-state index contributed by atoms with van der Waals surface area (Å²) in [7, 11) is 0. The van der Waals surface area contributed by atoms with Crippen LogP contribution in [0.1, 0.15) is 24.0 Å². The average Bonchev–Trinajstić information content (AvgIpc) is 2.71. The molecule has 0 aliphatic rings. The number of benzene rings is 1. The molecular weight excluding hydrogens is 559 g/mol. The second kappa shape index (κ2) is 8.53. The minimum Gasteiger partial charge on any atom is -0.481 e. The number of carbonyl (C=O) groups is 1. The van der Waals surface area contributed by atoms with Gasteiger partial charge in [-0.3, -0.25) is 4.79 Å². The lowest BCUT2D eigenvalue weighted by molar-refractivity contribution is -0.462. The lowest BCUT2D eigenvalue weighted by Crippen LogP contribution is -2.74. The Morgan fingerprint density at radius 1 is 0.583 bits per heavy atom. The Balaban J connectivity index is 3.66. The van der Waals surface area contributed by atoms with Crippen molar-refractivity contribution in [1.29, 1.82) is 0 Å². The van der Waals surface area contributed by atoms with E-state index in [2.05, 4.69) is 0 Å². The minimum atomic E-state index is -8.69. The maximum atomic E-state index is 14.1. The fraction of sp³-hybridized carbons (Fsp3) is 0.588. The lowest BCUT2D eigenvalue weighted by Gasteiger charge is -2.42. The molecule has 0 saturated heterocycles. The fourth-order valence-corrected chi connectivity index (χ4v) is 2.47. The zero-order valence-electron chi connectivity index (χ0n) is 16.7. The molecule has 1 N–H and O–H groups in total. The Labute approximate surface area is 187 Å². The number of hydrogen-bond donors (Lipinski definition) is 1. The minimum absolute atomic E-state index is 0.262. The first kappa shape index (κ1) is 31.5. The third-order valence-corrected chi connectivity index (χ3v) is 4.87. The third kappa shape index (κ3) is 4.10. The topological polar surface area (TPSA) is 37.3 Å². The number of alkyl halides is 17. The van der Waals surface area contributed by atoms with Crippen LogP contribution in [0.25, 0.3) is 0 Å². The molecule has 1 unspecified atom stereocenters. The first-order valence-corrected chi connectivity index (χ1v) is 8.62. The van der Waals surface area contributed by atoms with Gasteiger partial charge in [-0.25, -0.2) is 0 Å². The SMILES string of the molecule is CC(C(=O)O)c1ccc(C(F)(F)C(F)(F)C(F)(F)C(F)(F)C(F)(F)C(F)(F)C(F)(F)C(F)(F)F)cc1. The zero-order chi connectivity index (χ0) is 29.1. The average molecular weight is 568 g/mol. The first-order chi connectivity index (χ1) is 15.6. The smallest absolute Gasteiger partial charge is 0.460 e. The predicted molar refractivity (Wildman–Crippen MR) is 82.1 cm³/mol. The number of rotatable bonds is 9. The Morgan fingerprint density at radius 2 is 0.889 bits per heavy atom. The number of carboxylic acid groups (broad SMARTS) is 1. The van der Waals surface area contributed by atoms with Gasteiger partial charge in [0.05, 0.1) is 5.92 Å². The number of aliphatic carboxylic acids is 1. The van der Waals surface area contributed by atoms with E-state index in [4.69, 9.17) is 5.11 Å². The quantitative estimate of drug-likeness (QED) is 0.317. The van der Waals surface area contributed by atoms with Gasteiger partial charge in [-0.15, -0.1) is 0 Å². The summed E-state index contributed by atoms with van der Waals surface area (Å²) in [5, 5.41) is 8.73. The molecule has 0 amide bonds. The van der Waals surface area contributed by atoms with Crippen molar-refractivity contribution in [2.45, 2.75) is 60.5 Å². The van der Waals surface area contributed by atoms with Crippen LogP contribution in [0.2, 0.25) is 0 Å². The van der Waals surface area contributed by atoms with E-state index >= 15 is 0 Å². The molecule has 208 valence electrons. The molecule has 36 heavy (non-hydrogen) atoms. The van der Waals surface area contributed by atoms with Crippen LogP contribution in [0.3, 0.4) is 0 Å². The van der Waals surface area contributed by atoms with Crippen LogP contribution in [-0.2, 0) is 10.7 Å². The van der Waals surface area contributed by atoms with Crippen LogP contribution in [-0.4, -0.2) is 52.8 Å². The predicted octanol–water partition coefficient (Wildman–Crippen LogP) is 7.34. The third-order valence-electron chi connectivity index (χ3n) is 4.87. The van der Waals surface area contributed by atoms with Crippen molar-refractivity contribution >= 4 is 5.97 Å². The van der Waals surface area contributed by atoms with Gasteiger partial charge in [-0.1, -0.05) is 24.3 Å². The summed E-state index contributed by atoms with van der Waals surface area (Å²) in [6.07, 6.45) is -7.81. The zero-order valence-corrected chi connectivity index (χ0v) is 16.7. The molecule has 0 aliphatic carbocycles. The molecule has 0 radical (unpaired) electrons. The normalized spacial score (nSPS) is 16.2. The first-order valence-electron chi connectivity index (χ1n) is 8.62. The summed E-state index contributed by atoms with van der Waals surface area (Å²) in [4.78, 5) is 10.8. The van der Waals surface area contributed by atoms with Gasteiger partial charge < -0.3 is 5.11 Å². The highest BCUT2D eigenvalue weighted by Crippen LogP contribution is 2.65. The highest BCUT2D eigenvalue weighted by molar-refractivity contribution is 5.75. The molecule has 1 atom stereocenters. The van der Waals surface area contributed by atoms with E-state index in [1.165, 1.54) is 0 Å². The van der Waals surface area contributed by atoms with Crippen LogP contribution < -0.4 is 0 Å². The van der Waals surface area contributed by atoms with Gasteiger partial charge in [-0.05, 0) is 12.5 Å². The van der Waals surface area contributed by atoms with Crippen molar-refractivity contribution in [1.82, 2.24) is 0 Å². The summed E-state index contributed by atoms with van der Waals surface area (Å²) in [5.74, 6) is -60.2. The summed E-state index contributed by atoms with van der Waals surface area (Å²) in [6, 6.07) is 0.00494. The Hall–Kier alpha value is -2.50. The largest absolute Gasteiger partial charge is 0.481 e. The molecule has 0 heterocycles. The van der Waals surface area contributed by atoms with Crippen LogP contribution in [0, 0.1) is 0 Å². The molecule has 19 heteroatoms. The molecule has 1 rings (SSSR count).